The van der Waals surface area contributed by atoms with Crippen molar-refractivity contribution in [2.45, 2.75) is 91.5 Å². The summed E-state index contributed by atoms with van der Waals surface area (Å²) >= 11 is 13.0. The summed E-state index contributed by atoms with van der Waals surface area (Å²) in [4.78, 5) is 110. The van der Waals surface area contributed by atoms with E-state index >= 15 is 0 Å². The summed E-state index contributed by atoms with van der Waals surface area (Å²) in [6, 6.07) is 19.5. The molecular weight excluding hydrogens is 1000 g/mol. The average molecular weight is 1060 g/mol. The third-order valence-electron chi connectivity index (χ3n) is 12.4. The van der Waals surface area contributed by atoms with Crippen molar-refractivity contribution in [2.75, 3.05) is 18.4 Å². The van der Waals surface area contributed by atoms with Gasteiger partial charge in [0.25, 0.3) is 11.8 Å². The van der Waals surface area contributed by atoms with Gasteiger partial charge in [0.2, 0.25) is 11.8 Å². The third kappa shape index (κ3) is 15.3. The summed E-state index contributed by atoms with van der Waals surface area (Å²) in [7, 11) is 0. The fraction of sp³-hybridized carbons (Fsp3) is 0.340. The zero-order valence-corrected chi connectivity index (χ0v) is 43.2. The predicted molar refractivity (Wildman–Crippen MR) is 281 cm³/mol. The Hall–Kier alpha value is -7.97. The number of imidazole rings is 1. The number of pyridine rings is 2. The van der Waals surface area contributed by atoms with E-state index in [1.807, 2.05) is 43.5 Å². The number of aromatic amines is 1. The number of nitrogens with two attached hydrogens (primary N) is 1. The van der Waals surface area contributed by atoms with Gasteiger partial charge in [0, 0.05) is 77.2 Å². The Kier molecular flexibility index (Phi) is 18.9. The minimum atomic E-state index is -0.866. The number of ether oxygens (including phenoxy) is 1. The smallest absolute Gasteiger partial charge is 0.410 e. The van der Waals surface area contributed by atoms with Crippen LogP contribution >= 0.6 is 23.2 Å². The van der Waals surface area contributed by atoms with Crippen molar-refractivity contribution in [1.82, 2.24) is 50.0 Å². The monoisotopic (exact) mass is 1060 g/mol. The Balaban J connectivity index is 0.997. The molecule has 2 atom stereocenters. The molecule has 0 saturated heterocycles. The van der Waals surface area contributed by atoms with Gasteiger partial charge in [-0.25, -0.2) is 24.1 Å². The van der Waals surface area contributed by atoms with Gasteiger partial charge < -0.3 is 31.4 Å². The molecule has 7 rings (SSSR count). The van der Waals surface area contributed by atoms with Gasteiger partial charge in [-0.2, -0.15) is 5.10 Å². The van der Waals surface area contributed by atoms with Crippen LogP contribution in [0.4, 0.5) is 15.3 Å². The molecule has 0 spiro atoms. The summed E-state index contributed by atoms with van der Waals surface area (Å²) in [5.41, 5.74) is 10.9. The normalized spacial score (nSPS) is 13.0. The molecule has 392 valence electrons. The maximum atomic E-state index is 14.1. The third-order valence-corrected chi connectivity index (χ3v) is 13.0. The number of anilines is 1. The van der Waals surface area contributed by atoms with Gasteiger partial charge in [0.1, 0.15) is 18.8 Å². The lowest BCUT2D eigenvalue weighted by atomic mass is 9.89. The summed E-state index contributed by atoms with van der Waals surface area (Å²) < 4.78 is 7.53. The first-order chi connectivity index (χ1) is 36.0. The van der Waals surface area contributed by atoms with Crippen molar-refractivity contribution in [2.24, 2.45) is 17.6 Å². The molecule has 5 heterocycles. The first-order valence-corrected chi connectivity index (χ1v) is 25.2. The van der Waals surface area contributed by atoms with Crippen molar-refractivity contribution in [3.05, 3.63) is 130 Å². The first-order valence-electron chi connectivity index (χ1n) is 24.5. The van der Waals surface area contributed by atoms with E-state index in [0.29, 0.717) is 81.1 Å². The van der Waals surface area contributed by atoms with E-state index in [1.165, 1.54) is 23.4 Å². The molecule has 6 N–H and O–H groups in total. The summed E-state index contributed by atoms with van der Waals surface area (Å²) in [6.45, 7) is 5.78. The van der Waals surface area contributed by atoms with Gasteiger partial charge in [-0.15, -0.1) is 0 Å². The van der Waals surface area contributed by atoms with Crippen LogP contribution in [0.5, 0.6) is 0 Å². The van der Waals surface area contributed by atoms with Crippen LogP contribution in [0.1, 0.15) is 81.4 Å². The molecule has 0 aliphatic carbocycles. The molecule has 20 nitrogen and oxygen atoms in total. The Labute approximate surface area is 442 Å². The number of amides is 7. The molecule has 1 aliphatic heterocycles. The number of fused-ring (bicyclic) bond motifs is 1. The maximum absolute atomic E-state index is 14.1. The molecule has 0 fully saturated rings. The van der Waals surface area contributed by atoms with Crippen LogP contribution in [0.3, 0.4) is 0 Å². The number of hydrogen-bond donors (Lipinski definition) is 5. The van der Waals surface area contributed by atoms with Crippen LogP contribution in [0.2, 0.25) is 10.0 Å². The van der Waals surface area contributed by atoms with Crippen LogP contribution in [-0.2, 0) is 48.4 Å². The van der Waals surface area contributed by atoms with Gasteiger partial charge in [-0.05, 0) is 104 Å². The lowest BCUT2D eigenvalue weighted by molar-refractivity contribution is -0.137. The van der Waals surface area contributed by atoms with Gasteiger partial charge in [0.15, 0.2) is 11.4 Å². The molecule has 4 aromatic heterocycles. The Bertz CT molecular complexity index is 3070. The predicted octanol–water partition coefficient (Wildman–Crippen LogP) is 7.72. The number of primary amides is 1. The van der Waals surface area contributed by atoms with Gasteiger partial charge >= 0.3 is 12.1 Å². The number of carbonyl (C=O) groups excluding carboxylic acids is 7. The number of aromatic nitrogens is 6. The number of nitrogens with zero attached hydrogens (tertiary/aromatic N) is 7. The van der Waals surface area contributed by atoms with Crippen LogP contribution in [0.15, 0.2) is 97.5 Å². The van der Waals surface area contributed by atoms with Crippen LogP contribution < -0.4 is 21.7 Å². The quantitative estimate of drug-likeness (QED) is 0.0272. The molecule has 7 amide bonds. The van der Waals surface area contributed by atoms with Crippen molar-refractivity contribution in [3.63, 3.8) is 0 Å². The number of H-pyrrole nitrogens is 1. The molecule has 75 heavy (non-hydrogen) atoms. The second-order valence-electron chi connectivity index (χ2n) is 18.4. The van der Waals surface area contributed by atoms with Crippen LogP contribution in [0, 0.1) is 18.8 Å². The highest BCUT2D eigenvalue weighted by Gasteiger charge is 2.30. The van der Waals surface area contributed by atoms with E-state index in [-0.39, 0.29) is 81.5 Å². The molecule has 6 aromatic rings. The number of nitrogens with one attached hydrogen (secondary N) is 4. The number of aryl methyl sites for hydroxylation is 1. The molecule has 0 unspecified atom stereocenters. The maximum Gasteiger partial charge on any atom is 0.410 e. The number of rotatable bonds is 25. The molecule has 22 heteroatoms. The van der Waals surface area contributed by atoms with E-state index in [4.69, 9.17) is 43.6 Å². The highest BCUT2D eigenvalue weighted by atomic mass is 35.5. The van der Waals surface area contributed by atoms with Crippen LogP contribution in [0.25, 0.3) is 28.3 Å². The zero-order valence-electron chi connectivity index (χ0n) is 41.7. The van der Waals surface area contributed by atoms with Crippen molar-refractivity contribution in [1.29, 1.82) is 0 Å². The topological polar surface area (TPSA) is 269 Å². The summed E-state index contributed by atoms with van der Waals surface area (Å²) in [5.74, 6) is -2.50. The Morgan fingerprint density at radius 1 is 0.893 bits per heavy atom. The zero-order chi connectivity index (χ0) is 53.6. The molecular formula is C53H58Cl2N12O8. The minimum absolute atomic E-state index is 0.0157. The molecule has 0 saturated carbocycles. The van der Waals surface area contributed by atoms with Crippen molar-refractivity contribution >= 4 is 76.1 Å². The van der Waals surface area contributed by atoms with E-state index in [2.05, 4.69) is 31.0 Å². The van der Waals surface area contributed by atoms with E-state index < -0.39 is 30.0 Å². The number of ketones is 1. The van der Waals surface area contributed by atoms with Crippen molar-refractivity contribution < 1.29 is 38.3 Å². The van der Waals surface area contributed by atoms with E-state index in [0.717, 1.165) is 16.2 Å². The lowest BCUT2D eigenvalue weighted by Gasteiger charge is -2.24. The fourth-order valence-corrected chi connectivity index (χ4v) is 8.81. The number of halogens is 2. The number of benzene rings is 2. The number of imide groups is 1. The second kappa shape index (κ2) is 25.8. The molecule has 1 aliphatic rings. The van der Waals surface area contributed by atoms with Crippen LogP contribution in [-0.4, -0.2) is 100 Å². The average Bonchev–Trinajstić information content (AvgIpc) is 4.12. The number of unbranched alkanes of at least 4 members (excludes halogenated alkanes) is 2. The largest absolute Gasteiger partial charge is 0.445 e. The molecule has 2 aromatic carbocycles. The SMILES string of the molecule is Cc1cccc(-c2[nH]c(CN(Cc3cc(Cl)ccc3Cl)C(=O)OCc3ccc(NC(=O)[C@H](CCCNC(N)=O)CC(=O)[C@@H](NC(=O)CCCCCN4C(=O)C=CC4=O)C(C)C)cc3)nc2-c2ccc3ncnn3c2)n1. The first kappa shape index (κ1) is 54.8. The number of Topliss-reactive ketones (excluding diaryl/α,β-unsaturated/α-hetero) is 1. The highest BCUT2D eigenvalue weighted by Crippen LogP contribution is 2.31. The minimum Gasteiger partial charge on any atom is -0.445 e. The Morgan fingerprint density at radius 3 is 2.40 bits per heavy atom. The standard InChI is InChI=1S/C53H58Cl2N12O8/c1-32(2)48(64-45(69)12-5-4-6-24-66-46(70)21-22-47(66)71)42(68)26-35(10-8-23-57-52(56)73)51(72)61-39-17-13-34(14-18-39)30-75-53(74)65(27-37-25-38(54)16-19-40(37)55)29-43-62-49(36-15-20-44-58-31-59-67(44)28-36)50(63-43)41-11-7-9-33(3)60-41/h7,9,11,13-22,25,28,31-32,35,48H,4-6,8,10,12,23-24,26-27,29-30H2,1-3H3,(H,61,72)(H,62,63)(H,64,69)(H3,56,57,73)/t35-,48+/m1/s1. The van der Waals surface area contributed by atoms with Crippen molar-refractivity contribution in [3.8, 4) is 22.6 Å². The molecule has 0 bridgehead atoms. The fourth-order valence-electron chi connectivity index (χ4n) is 8.44. The summed E-state index contributed by atoms with van der Waals surface area (Å²) in [6.07, 6.45) is 7.17. The van der Waals surface area contributed by atoms with E-state index in [9.17, 15) is 33.6 Å². The Morgan fingerprint density at radius 2 is 1.67 bits per heavy atom. The van der Waals surface area contributed by atoms with Gasteiger partial charge in [0.05, 0.1) is 36.2 Å². The molecule has 0 radical (unpaired) electrons. The lowest BCUT2D eigenvalue weighted by Crippen LogP contribution is -2.45. The number of carbonyl (C=O) groups is 7. The second-order valence-corrected chi connectivity index (χ2v) is 19.3. The van der Waals surface area contributed by atoms with Gasteiger partial charge in [-0.1, -0.05) is 61.7 Å². The van der Waals surface area contributed by atoms with E-state index in [1.54, 1.807) is 60.8 Å². The van der Waals surface area contributed by atoms with Gasteiger partial charge in [-0.3, -0.25) is 38.8 Å². The number of hydrogen-bond acceptors (Lipinski definition) is 12. The highest BCUT2D eigenvalue weighted by molar-refractivity contribution is 6.33. The number of urea groups is 1. The summed E-state index contributed by atoms with van der Waals surface area (Å²) in [5, 5.41) is 13.3.